The van der Waals surface area contributed by atoms with Gasteiger partial charge in [0.15, 0.2) is 5.60 Å². The van der Waals surface area contributed by atoms with E-state index in [0.717, 1.165) is 0 Å². The number of esters is 4. The molecule has 0 aromatic rings. The van der Waals surface area contributed by atoms with Gasteiger partial charge in [0.05, 0.1) is 11.2 Å². The van der Waals surface area contributed by atoms with E-state index in [1.54, 1.807) is 19.9 Å². The zero-order valence-corrected chi connectivity index (χ0v) is 20.3. The van der Waals surface area contributed by atoms with Gasteiger partial charge < -0.3 is 28.4 Å². The molecule has 0 N–H and O–H groups in total. The summed E-state index contributed by atoms with van der Waals surface area (Å²) in [5, 5.41) is 0. The Balaban J connectivity index is 2.25. The third kappa shape index (κ3) is 4.65. The summed E-state index contributed by atoms with van der Waals surface area (Å²) in [6.45, 7) is 10.6. The van der Waals surface area contributed by atoms with Crippen molar-refractivity contribution in [1.82, 2.24) is 0 Å². The van der Waals surface area contributed by atoms with Crippen LogP contribution in [0.2, 0.25) is 0 Å². The number of hydrogen-bond acceptors (Lipinski definition) is 10. The predicted octanol–water partition coefficient (Wildman–Crippen LogP) is 2.41. The monoisotopic (exact) mass is 478 g/mol. The summed E-state index contributed by atoms with van der Waals surface area (Å²) in [7, 11) is 1.44. The fourth-order valence-corrected chi connectivity index (χ4v) is 4.63. The van der Waals surface area contributed by atoms with Crippen molar-refractivity contribution >= 4 is 23.9 Å². The molecule has 3 aliphatic heterocycles. The Morgan fingerprint density at radius 1 is 1.15 bits per heavy atom. The van der Waals surface area contributed by atoms with Crippen LogP contribution in [0.1, 0.15) is 53.9 Å². The van der Waals surface area contributed by atoms with Crippen molar-refractivity contribution in [1.29, 1.82) is 0 Å². The van der Waals surface area contributed by atoms with Crippen molar-refractivity contribution in [2.45, 2.75) is 77.0 Å². The standard InChI is InChI=1S/C24H30O10/c1-13(2)20(27)31-18-11-23(6,33-15(4)26)24(29-7)9-8-22(5,34-24)10-17-19(18)16(21(28)32-17)12-30-14(3)25/h10,18H,1,8-9,11-12H2,2-7H3/b17-10+/t18-,22-,23+,24+/m0/s1. The highest BCUT2D eigenvalue weighted by Gasteiger charge is 2.62. The summed E-state index contributed by atoms with van der Waals surface area (Å²) in [5.74, 6) is -3.93. The number of methoxy groups -OCH3 is 1. The molecule has 1 fully saturated rings. The maximum absolute atomic E-state index is 12.8. The highest BCUT2D eigenvalue weighted by atomic mass is 16.7. The Morgan fingerprint density at radius 3 is 2.38 bits per heavy atom. The fraction of sp³-hybridized carbons (Fsp3) is 0.583. The summed E-state index contributed by atoms with van der Waals surface area (Å²) < 4.78 is 34.3. The molecule has 34 heavy (non-hydrogen) atoms. The van der Waals surface area contributed by atoms with E-state index >= 15 is 0 Å². The largest absolute Gasteiger partial charge is 0.461 e. The molecule has 0 radical (unpaired) electrons. The lowest BCUT2D eigenvalue weighted by Gasteiger charge is -2.45. The Labute approximate surface area is 197 Å². The van der Waals surface area contributed by atoms with E-state index in [0.29, 0.717) is 12.8 Å². The number of carbonyl (C=O) groups is 4. The molecule has 1 saturated heterocycles. The first kappa shape index (κ1) is 25.6. The Morgan fingerprint density at radius 2 is 1.82 bits per heavy atom. The van der Waals surface area contributed by atoms with Crippen LogP contribution in [-0.4, -0.2) is 60.7 Å². The molecule has 0 unspecified atom stereocenters. The second-order valence-corrected chi connectivity index (χ2v) is 9.15. The summed E-state index contributed by atoms with van der Waals surface area (Å²) >= 11 is 0. The molecule has 3 rings (SSSR count). The minimum Gasteiger partial charge on any atom is -0.461 e. The van der Waals surface area contributed by atoms with Crippen molar-refractivity contribution in [3.8, 4) is 0 Å². The maximum Gasteiger partial charge on any atom is 0.343 e. The average Bonchev–Trinajstić information content (AvgIpc) is 3.22. The van der Waals surface area contributed by atoms with Crippen molar-refractivity contribution in [3.63, 3.8) is 0 Å². The summed E-state index contributed by atoms with van der Waals surface area (Å²) in [4.78, 5) is 49.0. The first-order chi connectivity index (χ1) is 15.7. The van der Waals surface area contributed by atoms with E-state index in [9.17, 15) is 19.2 Å². The molecule has 3 heterocycles. The number of carbonyl (C=O) groups excluding carboxylic acids is 4. The van der Waals surface area contributed by atoms with Crippen LogP contribution in [0.3, 0.4) is 0 Å². The van der Waals surface area contributed by atoms with Gasteiger partial charge in [-0.2, -0.15) is 0 Å². The van der Waals surface area contributed by atoms with Crippen molar-refractivity contribution in [2.75, 3.05) is 13.7 Å². The quantitative estimate of drug-likeness (QED) is 0.319. The maximum atomic E-state index is 12.8. The molecule has 186 valence electrons. The summed E-state index contributed by atoms with van der Waals surface area (Å²) in [5.41, 5.74) is -2.07. The van der Waals surface area contributed by atoms with Crippen molar-refractivity contribution in [3.05, 3.63) is 35.1 Å². The van der Waals surface area contributed by atoms with Crippen LogP contribution in [0.4, 0.5) is 0 Å². The van der Waals surface area contributed by atoms with Gasteiger partial charge >= 0.3 is 23.9 Å². The SMILES string of the molecule is C=C(C)C(=O)O[C@H]1C[C@@](C)(OC(C)=O)[C@@]2(OC)CC[C@@](C)(/C=C3/OC(=O)C(COC(C)=O)=C31)O2. The molecular weight excluding hydrogens is 448 g/mol. The van der Waals surface area contributed by atoms with Crippen LogP contribution < -0.4 is 0 Å². The lowest BCUT2D eigenvalue weighted by molar-refractivity contribution is -0.313. The molecule has 0 saturated carbocycles. The molecule has 10 heteroatoms. The summed E-state index contributed by atoms with van der Waals surface area (Å²) in [6, 6.07) is 0. The van der Waals surface area contributed by atoms with Crippen LogP contribution in [0, 0.1) is 0 Å². The van der Waals surface area contributed by atoms with E-state index < -0.39 is 47.0 Å². The third-order valence-electron chi connectivity index (χ3n) is 6.24. The predicted molar refractivity (Wildman–Crippen MR) is 116 cm³/mol. The van der Waals surface area contributed by atoms with E-state index in [1.807, 2.05) is 0 Å². The van der Waals surface area contributed by atoms with E-state index in [-0.39, 0.29) is 35.5 Å². The second kappa shape index (κ2) is 8.99. The van der Waals surface area contributed by atoms with E-state index in [4.69, 9.17) is 28.4 Å². The minimum atomic E-state index is -1.44. The number of ether oxygens (including phenoxy) is 6. The van der Waals surface area contributed by atoms with Gasteiger partial charge in [-0.05, 0) is 33.3 Å². The zero-order valence-electron chi connectivity index (χ0n) is 20.3. The zero-order chi connectivity index (χ0) is 25.5. The van der Waals surface area contributed by atoms with Gasteiger partial charge in [0, 0.05) is 44.9 Å². The molecule has 3 aliphatic rings. The number of rotatable bonds is 6. The van der Waals surface area contributed by atoms with Crippen LogP contribution in [0.15, 0.2) is 35.1 Å². The lowest BCUT2D eigenvalue weighted by Crippen LogP contribution is -2.58. The molecular formula is C24H30O10. The Kier molecular flexibility index (Phi) is 6.78. The smallest absolute Gasteiger partial charge is 0.343 e. The van der Waals surface area contributed by atoms with Crippen LogP contribution in [0.25, 0.3) is 0 Å². The van der Waals surface area contributed by atoms with Gasteiger partial charge in [-0.25, -0.2) is 9.59 Å². The molecule has 4 atom stereocenters. The van der Waals surface area contributed by atoms with Gasteiger partial charge in [0.1, 0.15) is 18.5 Å². The van der Waals surface area contributed by atoms with Gasteiger partial charge in [0.2, 0.25) is 5.79 Å². The second-order valence-electron chi connectivity index (χ2n) is 9.15. The van der Waals surface area contributed by atoms with Crippen LogP contribution in [0.5, 0.6) is 0 Å². The average molecular weight is 478 g/mol. The van der Waals surface area contributed by atoms with Crippen LogP contribution in [-0.2, 0) is 47.6 Å². The molecule has 10 nitrogen and oxygen atoms in total. The molecule has 2 bridgehead atoms. The lowest BCUT2D eigenvalue weighted by atomic mass is 9.82. The van der Waals surface area contributed by atoms with E-state index in [1.165, 1.54) is 27.9 Å². The minimum absolute atomic E-state index is 0.0129. The summed E-state index contributed by atoms with van der Waals surface area (Å²) in [6.07, 6.45) is 1.14. The van der Waals surface area contributed by atoms with Crippen molar-refractivity contribution in [2.24, 2.45) is 0 Å². The highest BCUT2D eigenvalue weighted by Crippen LogP contribution is 2.52. The third-order valence-corrected chi connectivity index (χ3v) is 6.24. The molecule has 0 aromatic heterocycles. The molecule has 0 amide bonds. The normalized spacial score (nSPS) is 34.0. The molecule has 0 spiro atoms. The highest BCUT2D eigenvalue weighted by molar-refractivity contribution is 5.96. The first-order valence-electron chi connectivity index (χ1n) is 10.9. The topological polar surface area (TPSA) is 124 Å². The Bertz CT molecular complexity index is 1010. The number of hydrogen-bond donors (Lipinski definition) is 0. The van der Waals surface area contributed by atoms with Gasteiger partial charge in [-0.1, -0.05) is 6.58 Å². The van der Waals surface area contributed by atoms with Gasteiger partial charge in [0.25, 0.3) is 0 Å². The molecule has 0 aliphatic carbocycles. The van der Waals surface area contributed by atoms with Crippen LogP contribution >= 0.6 is 0 Å². The van der Waals surface area contributed by atoms with Gasteiger partial charge in [-0.15, -0.1) is 0 Å². The first-order valence-corrected chi connectivity index (χ1v) is 10.9. The Hall–Kier alpha value is -2.98. The van der Waals surface area contributed by atoms with Crippen molar-refractivity contribution < 1.29 is 47.6 Å². The number of fused-ring (bicyclic) bond motifs is 3. The molecule has 0 aromatic carbocycles. The fourth-order valence-electron chi connectivity index (χ4n) is 4.63. The van der Waals surface area contributed by atoms with E-state index in [2.05, 4.69) is 6.58 Å². The van der Waals surface area contributed by atoms with Gasteiger partial charge in [-0.3, -0.25) is 9.59 Å².